The van der Waals surface area contributed by atoms with Crippen LogP contribution in [0.15, 0.2) is 94.1 Å². The first-order valence-corrected chi connectivity index (χ1v) is 15.4. The summed E-state index contributed by atoms with van der Waals surface area (Å²) in [7, 11) is 4.97. The molecule has 1 aliphatic heterocycles. The van der Waals surface area contributed by atoms with Gasteiger partial charge in [-0.3, -0.25) is 14.4 Å². The highest BCUT2D eigenvalue weighted by Gasteiger charge is 2.21. The van der Waals surface area contributed by atoms with Crippen molar-refractivity contribution in [3.05, 3.63) is 118 Å². The van der Waals surface area contributed by atoms with Crippen LogP contribution in [0.1, 0.15) is 32.0 Å². The van der Waals surface area contributed by atoms with E-state index in [2.05, 4.69) is 28.6 Å². The second-order valence-electron chi connectivity index (χ2n) is 11.3. The highest BCUT2D eigenvalue weighted by Crippen LogP contribution is 2.34. The quantitative estimate of drug-likeness (QED) is 0.184. The first kappa shape index (κ1) is 32.1. The van der Waals surface area contributed by atoms with Crippen molar-refractivity contribution in [3.8, 4) is 23.0 Å². The normalized spacial score (nSPS) is 12.1. The largest absolute Gasteiger partial charge is 0.493 e. The molecule has 0 unspecified atom stereocenters. The van der Waals surface area contributed by atoms with Gasteiger partial charge >= 0.3 is 0 Å². The molecule has 0 atom stereocenters. The molecule has 0 saturated carbocycles. The summed E-state index contributed by atoms with van der Waals surface area (Å²) in [5.41, 5.74) is 3.00. The maximum Gasteiger partial charge on any atom is 0.291 e. The van der Waals surface area contributed by atoms with Gasteiger partial charge in [0, 0.05) is 30.9 Å². The third-order valence-corrected chi connectivity index (χ3v) is 7.93. The number of likely N-dealkylation sites (N-methyl/N-ethyl adjacent to an activating group) is 1. The predicted molar refractivity (Wildman–Crippen MR) is 182 cm³/mol. The third-order valence-electron chi connectivity index (χ3n) is 7.93. The molecule has 246 valence electrons. The molecule has 2 heterocycles. The number of hydrogen-bond acceptors (Lipinski definition) is 9. The second kappa shape index (κ2) is 14.3. The molecular weight excluding hydrogens is 614 g/mol. The Morgan fingerprint density at radius 2 is 1.50 bits per heavy atom. The van der Waals surface area contributed by atoms with E-state index in [1.165, 1.54) is 26.4 Å². The van der Waals surface area contributed by atoms with E-state index in [4.69, 9.17) is 23.4 Å². The molecule has 6 rings (SSSR count). The first-order chi connectivity index (χ1) is 23.3. The van der Waals surface area contributed by atoms with E-state index < -0.39 is 11.8 Å². The molecule has 0 saturated heterocycles. The number of nitrogens with zero attached hydrogens (tertiary/aromatic N) is 1. The summed E-state index contributed by atoms with van der Waals surface area (Å²) in [5, 5.41) is 5.94. The zero-order valence-corrected chi connectivity index (χ0v) is 26.8. The van der Waals surface area contributed by atoms with Gasteiger partial charge in [0.1, 0.15) is 18.8 Å². The number of amides is 2. The molecule has 2 N–H and O–H groups in total. The number of rotatable bonds is 11. The van der Waals surface area contributed by atoms with Gasteiger partial charge in [0.2, 0.25) is 0 Å². The number of para-hydroxylation sites is 1. The van der Waals surface area contributed by atoms with Crippen LogP contribution in [0.25, 0.3) is 11.0 Å². The van der Waals surface area contributed by atoms with E-state index in [9.17, 15) is 14.4 Å². The Hall–Kier alpha value is -5.81. The Bertz CT molecular complexity index is 2020. The Kier molecular flexibility index (Phi) is 9.58. The van der Waals surface area contributed by atoms with Gasteiger partial charge in [-0.1, -0.05) is 30.3 Å². The van der Waals surface area contributed by atoms with Gasteiger partial charge in [-0.15, -0.1) is 0 Å². The number of carbonyl (C=O) groups excluding carboxylic acids is 2. The molecule has 0 radical (unpaired) electrons. The van der Waals surface area contributed by atoms with Crippen molar-refractivity contribution in [1.29, 1.82) is 0 Å². The molecule has 0 aliphatic carbocycles. The molecule has 4 aromatic carbocycles. The molecule has 11 heteroatoms. The Morgan fingerprint density at radius 3 is 2.27 bits per heavy atom. The highest BCUT2D eigenvalue weighted by atomic mass is 16.6. The molecule has 1 aliphatic rings. The lowest BCUT2D eigenvalue weighted by Crippen LogP contribution is -2.21. The Morgan fingerprint density at radius 1 is 0.792 bits per heavy atom. The summed E-state index contributed by atoms with van der Waals surface area (Å²) in [5.74, 6) is 0.766. The molecule has 11 nitrogen and oxygen atoms in total. The van der Waals surface area contributed by atoms with Crippen LogP contribution in [0.3, 0.4) is 0 Å². The number of hydrogen-bond donors (Lipinski definition) is 2. The minimum absolute atomic E-state index is 0.119. The van der Waals surface area contributed by atoms with E-state index in [0.717, 1.165) is 48.2 Å². The summed E-state index contributed by atoms with van der Waals surface area (Å²) in [4.78, 5) is 41.6. The summed E-state index contributed by atoms with van der Waals surface area (Å²) in [6.07, 6.45) is 0.812. The summed E-state index contributed by atoms with van der Waals surface area (Å²) in [6.45, 7) is 2.72. The maximum atomic E-state index is 13.6. The first-order valence-electron chi connectivity index (χ1n) is 15.4. The fourth-order valence-electron chi connectivity index (χ4n) is 5.42. The SMILES string of the molecule is COc1cc(NC(=O)c2cc(=O)c3ccccc3o2)c(C(=O)Nc2ccc(CCN(C)Cc3ccc4c(c3)OCCO4)cc2)cc1OC. The molecule has 48 heavy (non-hydrogen) atoms. The van der Waals surface area contributed by atoms with E-state index in [1.807, 2.05) is 36.4 Å². The van der Waals surface area contributed by atoms with E-state index in [0.29, 0.717) is 35.8 Å². The van der Waals surface area contributed by atoms with Crippen molar-refractivity contribution < 1.29 is 33.0 Å². The number of nitrogens with one attached hydrogen (secondary N) is 2. The fourth-order valence-corrected chi connectivity index (χ4v) is 5.42. The average molecular weight is 650 g/mol. The van der Waals surface area contributed by atoms with Crippen molar-refractivity contribution in [2.75, 3.05) is 51.7 Å². The Balaban J connectivity index is 1.12. The lowest BCUT2D eigenvalue weighted by atomic mass is 10.1. The summed E-state index contributed by atoms with van der Waals surface area (Å²) in [6, 6.07) is 24.3. The van der Waals surface area contributed by atoms with E-state index >= 15 is 0 Å². The number of anilines is 2. The zero-order chi connectivity index (χ0) is 33.6. The number of fused-ring (bicyclic) bond motifs is 2. The van der Waals surface area contributed by atoms with Crippen molar-refractivity contribution in [3.63, 3.8) is 0 Å². The van der Waals surface area contributed by atoms with E-state index in [-0.39, 0.29) is 28.0 Å². The van der Waals surface area contributed by atoms with Gasteiger partial charge in [-0.2, -0.15) is 0 Å². The van der Waals surface area contributed by atoms with Crippen LogP contribution >= 0.6 is 0 Å². The molecule has 5 aromatic rings. The van der Waals surface area contributed by atoms with Gasteiger partial charge in [0.05, 0.1) is 30.9 Å². The number of carbonyl (C=O) groups is 2. The van der Waals surface area contributed by atoms with E-state index in [1.54, 1.807) is 24.3 Å². The smallest absolute Gasteiger partial charge is 0.291 e. The maximum absolute atomic E-state index is 13.6. The Labute approximate surface area is 277 Å². The summed E-state index contributed by atoms with van der Waals surface area (Å²) >= 11 is 0. The van der Waals surface area contributed by atoms with Crippen LogP contribution in [0.2, 0.25) is 0 Å². The minimum Gasteiger partial charge on any atom is -0.493 e. The fraction of sp³-hybridized carbons (Fsp3) is 0.216. The topological polar surface area (TPSA) is 129 Å². The van der Waals surface area contributed by atoms with Gasteiger partial charge in [-0.25, -0.2) is 0 Å². The zero-order valence-electron chi connectivity index (χ0n) is 26.8. The molecule has 0 spiro atoms. The number of benzene rings is 4. The van der Waals surface area contributed by atoms with Crippen LogP contribution < -0.4 is 35.0 Å². The minimum atomic E-state index is -0.706. The van der Waals surface area contributed by atoms with Crippen LogP contribution in [0.5, 0.6) is 23.0 Å². The van der Waals surface area contributed by atoms with Crippen LogP contribution in [0, 0.1) is 0 Å². The molecule has 1 aromatic heterocycles. The standard InChI is InChI=1S/C37H35N3O8/c1-40(22-24-10-13-31-34(18-24)47-17-16-46-31)15-14-23-8-11-25(12-9-23)38-36(42)27-19-32(44-2)33(45-3)20-28(27)39-37(43)35-21-29(41)26-6-4-5-7-30(26)48-35/h4-13,18-21H,14-17,22H2,1-3H3,(H,38,42)(H,39,43). The molecule has 2 amide bonds. The predicted octanol–water partition coefficient (Wildman–Crippen LogP) is 5.76. The molecular formula is C37H35N3O8. The highest BCUT2D eigenvalue weighted by molar-refractivity contribution is 6.12. The summed E-state index contributed by atoms with van der Waals surface area (Å²) < 4.78 is 27.8. The molecule has 0 bridgehead atoms. The van der Waals surface area contributed by atoms with Crippen molar-refractivity contribution in [1.82, 2.24) is 4.90 Å². The lowest BCUT2D eigenvalue weighted by molar-refractivity contribution is 0.0997. The van der Waals surface area contributed by atoms with Gasteiger partial charge < -0.3 is 38.9 Å². The van der Waals surface area contributed by atoms with Gasteiger partial charge in [0.25, 0.3) is 11.8 Å². The number of ether oxygens (including phenoxy) is 4. The second-order valence-corrected chi connectivity index (χ2v) is 11.3. The van der Waals surface area contributed by atoms with Gasteiger partial charge in [-0.05, 0) is 67.1 Å². The van der Waals surface area contributed by atoms with Crippen LogP contribution in [0.4, 0.5) is 11.4 Å². The van der Waals surface area contributed by atoms with Crippen molar-refractivity contribution in [2.45, 2.75) is 13.0 Å². The van der Waals surface area contributed by atoms with Gasteiger partial charge in [0.15, 0.2) is 34.2 Å². The average Bonchev–Trinajstić information content (AvgIpc) is 3.11. The van der Waals surface area contributed by atoms with Crippen LogP contribution in [-0.4, -0.2) is 57.7 Å². The van der Waals surface area contributed by atoms with Crippen molar-refractivity contribution in [2.24, 2.45) is 0 Å². The lowest BCUT2D eigenvalue weighted by Gasteiger charge is -2.21. The molecule has 0 fully saturated rings. The number of methoxy groups -OCH3 is 2. The monoisotopic (exact) mass is 649 g/mol. The van der Waals surface area contributed by atoms with Crippen molar-refractivity contribution >= 4 is 34.2 Å². The third kappa shape index (κ3) is 7.26. The van der Waals surface area contributed by atoms with Crippen LogP contribution in [-0.2, 0) is 13.0 Å².